The molecule has 3 N–H and O–H groups in total. The molecule has 0 spiro atoms. The van der Waals surface area contributed by atoms with E-state index in [1.54, 1.807) is 11.3 Å². The number of nitrogens with two attached hydrogens (primary N) is 1. The van der Waals surface area contributed by atoms with Crippen molar-refractivity contribution in [3.63, 3.8) is 0 Å². The highest BCUT2D eigenvalue weighted by Crippen LogP contribution is 2.30. The zero-order valence-corrected chi connectivity index (χ0v) is 18.0. The molecule has 26 heavy (non-hydrogen) atoms. The first kappa shape index (κ1) is 23.7. The summed E-state index contributed by atoms with van der Waals surface area (Å²) in [4.78, 5) is 16.3. The van der Waals surface area contributed by atoms with Gasteiger partial charge in [-0.15, -0.1) is 36.2 Å². The first-order valence-corrected chi connectivity index (χ1v) is 10.3. The minimum absolute atomic E-state index is 0. The Kier molecular flexibility index (Phi) is 10.5. The number of amides is 1. The number of nitrogens with one attached hydrogen (secondary N) is 1. The molecular weight excluding hydrogens is 389 g/mol. The van der Waals surface area contributed by atoms with Gasteiger partial charge in [0.15, 0.2) is 0 Å². The topological polar surface area (TPSA) is 58.4 Å². The second-order valence-electron chi connectivity index (χ2n) is 7.61. The second-order valence-corrected chi connectivity index (χ2v) is 8.59. The Labute approximate surface area is 174 Å². The molecule has 2 heterocycles. The Morgan fingerprint density at radius 2 is 2.04 bits per heavy atom. The normalized spacial score (nSPS) is 25.2. The van der Waals surface area contributed by atoms with Crippen LogP contribution in [-0.2, 0) is 4.79 Å². The van der Waals surface area contributed by atoms with Gasteiger partial charge in [0.25, 0.3) is 0 Å². The van der Waals surface area contributed by atoms with Gasteiger partial charge in [-0.05, 0) is 62.1 Å². The molecule has 1 saturated carbocycles. The standard InChI is InChI=1S/C19H31N3OS.2ClH/c1-14-7-9-22(10-8-14)17(18-6-3-11-24-18)13-21-19(23)12-15-4-2-5-16(15)20;;/h3,6,11,14-17H,2,4-5,7-10,12-13,20H2,1H3,(H,21,23);2*1H/t15-,16+,17?;;/m0../s1. The van der Waals surface area contributed by atoms with E-state index in [9.17, 15) is 4.79 Å². The molecule has 1 aromatic heterocycles. The maximum Gasteiger partial charge on any atom is 0.220 e. The van der Waals surface area contributed by atoms with Crippen LogP contribution < -0.4 is 11.1 Å². The summed E-state index contributed by atoms with van der Waals surface area (Å²) in [5, 5.41) is 5.33. The number of halogens is 2. The van der Waals surface area contributed by atoms with Crippen LogP contribution in [0.2, 0.25) is 0 Å². The summed E-state index contributed by atoms with van der Waals surface area (Å²) in [6.45, 7) is 5.32. The summed E-state index contributed by atoms with van der Waals surface area (Å²) in [5.41, 5.74) is 6.10. The third kappa shape index (κ3) is 6.38. The summed E-state index contributed by atoms with van der Waals surface area (Å²) >= 11 is 1.80. The highest BCUT2D eigenvalue weighted by atomic mass is 35.5. The van der Waals surface area contributed by atoms with E-state index in [2.05, 4.69) is 34.7 Å². The van der Waals surface area contributed by atoms with Gasteiger partial charge >= 0.3 is 0 Å². The molecule has 0 bridgehead atoms. The van der Waals surface area contributed by atoms with Crippen LogP contribution in [0, 0.1) is 11.8 Å². The zero-order valence-electron chi connectivity index (χ0n) is 15.6. The predicted octanol–water partition coefficient (Wildman–Crippen LogP) is 4.00. The predicted molar refractivity (Wildman–Crippen MR) is 114 cm³/mol. The monoisotopic (exact) mass is 421 g/mol. The van der Waals surface area contributed by atoms with Gasteiger partial charge in [0.1, 0.15) is 0 Å². The number of hydrogen-bond donors (Lipinski definition) is 2. The van der Waals surface area contributed by atoms with Gasteiger partial charge in [0.05, 0.1) is 6.04 Å². The fourth-order valence-corrected chi connectivity index (χ4v) is 4.93. The molecule has 7 heteroatoms. The zero-order chi connectivity index (χ0) is 16.9. The summed E-state index contributed by atoms with van der Waals surface area (Å²) < 4.78 is 0. The fraction of sp³-hybridized carbons (Fsp3) is 0.737. The van der Waals surface area contributed by atoms with Gasteiger partial charge in [0, 0.05) is 23.9 Å². The number of nitrogens with zero attached hydrogens (tertiary/aromatic N) is 1. The Morgan fingerprint density at radius 1 is 1.31 bits per heavy atom. The fourth-order valence-electron chi connectivity index (χ4n) is 4.07. The number of carbonyl (C=O) groups is 1. The van der Waals surface area contributed by atoms with Crippen LogP contribution in [0.15, 0.2) is 17.5 Å². The third-order valence-corrected chi connectivity index (χ3v) is 6.76. The minimum atomic E-state index is 0. The lowest BCUT2D eigenvalue weighted by Gasteiger charge is -2.36. The van der Waals surface area contributed by atoms with Crippen molar-refractivity contribution >= 4 is 42.1 Å². The van der Waals surface area contributed by atoms with Crippen LogP contribution in [0.1, 0.15) is 56.4 Å². The minimum Gasteiger partial charge on any atom is -0.354 e. The maximum atomic E-state index is 12.4. The van der Waals surface area contributed by atoms with Crippen molar-refractivity contribution in [1.29, 1.82) is 0 Å². The van der Waals surface area contributed by atoms with Gasteiger partial charge in [-0.2, -0.15) is 0 Å². The van der Waals surface area contributed by atoms with Crippen LogP contribution in [0.4, 0.5) is 0 Å². The number of thiophene rings is 1. The number of rotatable bonds is 6. The molecule has 1 aromatic rings. The molecule has 4 nitrogen and oxygen atoms in total. The van der Waals surface area contributed by atoms with Gasteiger partial charge in [-0.1, -0.05) is 19.4 Å². The average Bonchev–Trinajstić information content (AvgIpc) is 3.22. The van der Waals surface area contributed by atoms with Crippen molar-refractivity contribution < 1.29 is 4.79 Å². The van der Waals surface area contributed by atoms with Crippen molar-refractivity contribution in [3.05, 3.63) is 22.4 Å². The van der Waals surface area contributed by atoms with Gasteiger partial charge in [-0.25, -0.2) is 0 Å². The van der Waals surface area contributed by atoms with E-state index in [0.717, 1.165) is 38.4 Å². The molecule has 1 aliphatic heterocycles. The molecule has 3 rings (SSSR count). The number of likely N-dealkylation sites (tertiary alicyclic amines) is 1. The van der Waals surface area contributed by atoms with Crippen LogP contribution in [0.25, 0.3) is 0 Å². The van der Waals surface area contributed by atoms with Crippen molar-refractivity contribution in [3.8, 4) is 0 Å². The average molecular weight is 422 g/mol. The molecule has 2 aliphatic rings. The third-order valence-electron chi connectivity index (χ3n) is 5.79. The number of carbonyl (C=O) groups excluding carboxylic acids is 1. The molecule has 0 aromatic carbocycles. The summed E-state index contributed by atoms with van der Waals surface area (Å²) in [6, 6.07) is 4.84. The Morgan fingerprint density at radius 3 is 2.62 bits per heavy atom. The summed E-state index contributed by atoms with van der Waals surface area (Å²) in [5.74, 6) is 1.37. The summed E-state index contributed by atoms with van der Waals surface area (Å²) in [6.07, 6.45) is 6.45. The largest absolute Gasteiger partial charge is 0.354 e. The smallest absolute Gasteiger partial charge is 0.220 e. The maximum absolute atomic E-state index is 12.4. The lowest BCUT2D eigenvalue weighted by molar-refractivity contribution is -0.122. The summed E-state index contributed by atoms with van der Waals surface area (Å²) in [7, 11) is 0. The van der Waals surface area contributed by atoms with Crippen LogP contribution >= 0.6 is 36.2 Å². The first-order chi connectivity index (χ1) is 11.6. The van der Waals surface area contributed by atoms with Crippen LogP contribution in [0.5, 0.6) is 0 Å². The van der Waals surface area contributed by atoms with Gasteiger partial charge in [0.2, 0.25) is 5.91 Å². The second kappa shape index (κ2) is 11.5. The molecule has 1 saturated heterocycles. The Balaban J connectivity index is 0.00000169. The van der Waals surface area contributed by atoms with E-state index < -0.39 is 0 Å². The van der Waals surface area contributed by atoms with Crippen molar-refractivity contribution in [2.75, 3.05) is 19.6 Å². The SMILES string of the molecule is CC1CCN(C(CNC(=O)C[C@@H]2CCC[C@H]2N)c2cccs2)CC1.Cl.Cl. The van der Waals surface area contributed by atoms with E-state index in [1.807, 2.05) is 0 Å². The molecule has 2 fully saturated rings. The van der Waals surface area contributed by atoms with E-state index in [1.165, 1.54) is 24.1 Å². The first-order valence-electron chi connectivity index (χ1n) is 9.43. The molecule has 0 radical (unpaired) electrons. The molecule has 3 atom stereocenters. The van der Waals surface area contributed by atoms with Crippen molar-refractivity contribution in [1.82, 2.24) is 10.2 Å². The Hall–Kier alpha value is -0.330. The van der Waals surface area contributed by atoms with Crippen LogP contribution in [0.3, 0.4) is 0 Å². The quantitative estimate of drug-likeness (QED) is 0.729. The molecule has 1 unspecified atom stereocenters. The molecule has 1 amide bonds. The molecule has 150 valence electrons. The number of hydrogen-bond acceptors (Lipinski definition) is 4. The highest BCUT2D eigenvalue weighted by molar-refractivity contribution is 7.10. The number of piperidine rings is 1. The molecular formula is C19H33Cl2N3OS. The van der Waals surface area contributed by atoms with Gasteiger partial charge < -0.3 is 11.1 Å². The lowest BCUT2D eigenvalue weighted by Crippen LogP contribution is -2.42. The lowest BCUT2D eigenvalue weighted by atomic mass is 9.97. The highest BCUT2D eigenvalue weighted by Gasteiger charge is 2.28. The Bertz CT molecular complexity index is 521. The van der Waals surface area contributed by atoms with E-state index in [0.29, 0.717) is 18.4 Å². The van der Waals surface area contributed by atoms with Crippen LogP contribution in [-0.4, -0.2) is 36.5 Å². The molecule has 1 aliphatic carbocycles. The van der Waals surface area contributed by atoms with Gasteiger partial charge in [-0.3, -0.25) is 9.69 Å². The van der Waals surface area contributed by atoms with E-state index in [4.69, 9.17) is 5.73 Å². The van der Waals surface area contributed by atoms with E-state index in [-0.39, 0.29) is 36.8 Å². The van der Waals surface area contributed by atoms with E-state index >= 15 is 0 Å². The van der Waals surface area contributed by atoms with Crippen molar-refractivity contribution in [2.45, 2.75) is 57.5 Å². The van der Waals surface area contributed by atoms with Crippen molar-refractivity contribution in [2.24, 2.45) is 17.6 Å².